The fourth-order valence-electron chi connectivity index (χ4n) is 4.40. The Balaban J connectivity index is 1.84. The summed E-state index contributed by atoms with van der Waals surface area (Å²) in [6.45, 7) is 5.99. The molecule has 3 fully saturated rings. The van der Waals surface area contributed by atoms with Gasteiger partial charge in [0.25, 0.3) is 0 Å². The Kier molecular flexibility index (Phi) is 3.22. The van der Waals surface area contributed by atoms with Gasteiger partial charge in [-0.2, -0.15) is 0 Å². The molecule has 0 aromatic rings. The van der Waals surface area contributed by atoms with E-state index in [0.29, 0.717) is 24.8 Å². The summed E-state index contributed by atoms with van der Waals surface area (Å²) < 4.78 is 5.45. The summed E-state index contributed by atoms with van der Waals surface area (Å²) in [6.07, 6.45) is 4.75. The number of aliphatic carboxylic acids is 1. The molecule has 4 unspecified atom stereocenters. The van der Waals surface area contributed by atoms with Crippen LogP contribution in [0.15, 0.2) is 0 Å². The topological polar surface area (TPSA) is 66.8 Å². The highest BCUT2D eigenvalue weighted by Gasteiger charge is 2.72. The Labute approximate surface area is 125 Å². The highest BCUT2D eigenvalue weighted by molar-refractivity contribution is 5.89. The first kappa shape index (κ1) is 14.7. The fourth-order valence-corrected chi connectivity index (χ4v) is 4.40. The molecule has 5 nitrogen and oxygen atoms in total. The maximum atomic E-state index is 12.5. The Morgan fingerprint density at radius 2 is 1.90 bits per heavy atom. The second-order valence-electron chi connectivity index (χ2n) is 7.84. The van der Waals surface area contributed by atoms with Gasteiger partial charge in [0, 0.05) is 6.54 Å². The monoisotopic (exact) mass is 295 g/mol. The number of likely N-dealkylation sites (tertiary alicyclic amines) is 1. The molecule has 21 heavy (non-hydrogen) atoms. The summed E-state index contributed by atoms with van der Waals surface area (Å²) in [6, 6.07) is 0. The average molecular weight is 295 g/mol. The zero-order valence-electron chi connectivity index (χ0n) is 13.1. The van der Waals surface area contributed by atoms with Crippen molar-refractivity contribution in [3.63, 3.8) is 0 Å². The molecule has 1 N–H and O–H groups in total. The van der Waals surface area contributed by atoms with Gasteiger partial charge in [0.1, 0.15) is 11.1 Å². The molecule has 1 amide bonds. The number of hydrogen-bond donors (Lipinski definition) is 1. The number of carbonyl (C=O) groups excluding carboxylic acids is 1. The molecule has 0 aromatic heterocycles. The minimum absolute atomic E-state index is 0.126. The molecule has 1 saturated heterocycles. The molecule has 3 rings (SSSR count). The Morgan fingerprint density at radius 1 is 1.24 bits per heavy atom. The molecule has 1 heterocycles. The van der Waals surface area contributed by atoms with Crippen LogP contribution in [-0.4, -0.2) is 39.8 Å². The maximum Gasteiger partial charge on any atom is 0.411 e. The summed E-state index contributed by atoms with van der Waals surface area (Å²) in [4.78, 5) is 25.8. The Morgan fingerprint density at radius 3 is 2.52 bits per heavy atom. The van der Waals surface area contributed by atoms with Gasteiger partial charge in [-0.3, -0.25) is 4.90 Å². The lowest BCUT2D eigenvalue weighted by atomic mass is 9.73. The molecule has 0 spiro atoms. The second-order valence-corrected chi connectivity index (χ2v) is 7.84. The maximum absolute atomic E-state index is 12.5. The minimum Gasteiger partial charge on any atom is -0.479 e. The number of carboxylic acids is 1. The minimum atomic E-state index is -0.985. The van der Waals surface area contributed by atoms with E-state index in [4.69, 9.17) is 4.74 Å². The number of amides is 1. The molecule has 5 heteroatoms. The summed E-state index contributed by atoms with van der Waals surface area (Å²) in [5.41, 5.74) is -1.58. The Hall–Kier alpha value is -1.26. The van der Waals surface area contributed by atoms with E-state index in [1.54, 1.807) is 0 Å². The van der Waals surface area contributed by atoms with Crippen molar-refractivity contribution in [3.05, 3.63) is 0 Å². The van der Waals surface area contributed by atoms with E-state index >= 15 is 0 Å². The van der Waals surface area contributed by atoms with E-state index in [0.717, 1.165) is 12.8 Å². The summed E-state index contributed by atoms with van der Waals surface area (Å²) >= 11 is 0. The number of rotatable bonds is 1. The van der Waals surface area contributed by atoms with E-state index < -0.39 is 23.2 Å². The van der Waals surface area contributed by atoms with Crippen molar-refractivity contribution in [1.82, 2.24) is 4.90 Å². The van der Waals surface area contributed by atoms with Crippen molar-refractivity contribution in [3.8, 4) is 0 Å². The molecule has 3 aliphatic rings. The standard InChI is InChI=1S/C16H25NO4/c1-15(2,3)21-14(20)17-9-10-6-4-5-7-11(10)12-8-16(12,17)13(18)19/h10-12H,4-9H2,1-3H3,(H,18,19). The van der Waals surface area contributed by atoms with Crippen molar-refractivity contribution in [2.45, 2.75) is 64.0 Å². The number of fused-ring (bicyclic) bond motifs is 3. The summed E-state index contributed by atoms with van der Waals surface area (Å²) in [5.74, 6) is 0.198. The van der Waals surface area contributed by atoms with Gasteiger partial charge in [0.2, 0.25) is 0 Å². The number of carboxylic acid groups (broad SMARTS) is 1. The molecule has 0 radical (unpaired) electrons. The second kappa shape index (κ2) is 4.62. The highest BCUT2D eigenvalue weighted by Crippen LogP contribution is 2.61. The quantitative estimate of drug-likeness (QED) is 0.807. The lowest BCUT2D eigenvalue weighted by molar-refractivity contribution is -0.148. The van der Waals surface area contributed by atoms with Crippen LogP contribution in [-0.2, 0) is 9.53 Å². The van der Waals surface area contributed by atoms with Crippen molar-refractivity contribution in [1.29, 1.82) is 0 Å². The predicted molar refractivity (Wildman–Crippen MR) is 76.9 cm³/mol. The predicted octanol–water partition coefficient (Wildman–Crippen LogP) is 2.89. The average Bonchev–Trinajstić information content (AvgIpc) is 3.12. The first-order valence-electron chi connectivity index (χ1n) is 8.00. The molecule has 118 valence electrons. The van der Waals surface area contributed by atoms with Crippen LogP contribution in [0.4, 0.5) is 4.79 Å². The first-order chi connectivity index (χ1) is 9.75. The molecule has 0 bridgehead atoms. The third kappa shape index (κ3) is 2.30. The van der Waals surface area contributed by atoms with Crippen LogP contribution in [0.5, 0.6) is 0 Å². The zero-order chi connectivity index (χ0) is 15.4. The van der Waals surface area contributed by atoms with Gasteiger partial charge in [0.05, 0.1) is 0 Å². The normalized spacial score (nSPS) is 38.2. The van der Waals surface area contributed by atoms with Crippen LogP contribution in [0, 0.1) is 17.8 Å². The third-order valence-corrected chi connectivity index (χ3v) is 5.35. The van der Waals surface area contributed by atoms with Crippen molar-refractivity contribution in [2.24, 2.45) is 17.8 Å². The number of piperidine rings is 1. The van der Waals surface area contributed by atoms with E-state index in [9.17, 15) is 14.7 Å². The van der Waals surface area contributed by atoms with Gasteiger partial charge in [-0.1, -0.05) is 12.8 Å². The van der Waals surface area contributed by atoms with Gasteiger partial charge >= 0.3 is 12.1 Å². The zero-order valence-corrected chi connectivity index (χ0v) is 13.1. The van der Waals surface area contributed by atoms with Crippen LogP contribution in [0.2, 0.25) is 0 Å². The highest BCUT2D eigenvalue weighted by atomic mass is 16.6. The van der Waals surface area contributed by atoms with Gasteiger partial charge < -0.3 is 9.84 Å². The smallest absolute Gasteiger partial charge is 0.411 e. The van der Waals surface area contributed by atoms with Crippen LogP contribution in [0.1, 0.15) is 52.9 Å². The van der Waals surface area contributed by atoms with E-state index in [-0.39, 0.29) is 5.92 Å². The number of carbonyl (C=O) groups is 2. The van der Waals surface area contributed by atoms with E-state index in [1.165, 1.54) is 17.7 Å². The largest absolute Gasteiger partial charge is 0.479 e. The molecule has 2 aliphatic carbocycles. The number of ether oxygens (including phenoxy) is 1. The van der Waals surface area contributed by atoms with Crippen molar-refractivity contribution in [2.75, 3.05) is 6.54 Å². The van der Waals surface area contributed by atoms with Crippen LogP contribution >= 0.6 is 0 Å². The lowest BCUT2D eigenvalue weighted by Crippen LogP contribution is -2.57. The van der Waals surface area contributed by atoms with E-state index in [1.807, 2.05) is 20.8 Å². The Bertz CT molecular complexity index is 469. The van der Waals surface area contributed by atoms with Crippen molar-refractivity contribution < 1.29 is 19.4 Å². The fraction of sp³-hybridized carbons (Fsp3) is 0.875. The first-order valence-corrected chi connectivity index (χ1v) is 8.00. The molecule has 1 aliphatic heterocycles. The van der Waals surface area contributed by atoms with Crippen LogP contribution in [0.3, 0.4) is 0 Å². The molecular formula is C16H25NO4. The van der Waals surface area contributed by atoms with Gasteiger partial charge in [-0.15, -0.1) is 0 Å². The van der Waals surface area contributed by atoms with Gasteiger partial charge in [-0.25, -0.2) is 9.59 Å². The lowest BCUT2D eigenvalue weighted by Gasteiger charge is -2.44. The summed E-state index contributed by atoms with van der Waals surface area (Å²) in [7, 11) is 0. The number of hydrogen-bond acceptors (Lipinski definition) is 3. The molecule has 4 atom stereocenters. The van der Waals surface area contributed by atoms with Crippen LogP contribution in [0.25, 0.3) is 0 Å². The van der Waals surface area contributed by atoms with Crippen LogP contribution < -0.4 is 0 Å². The van der Waals surface area contributed by atoms with Gasteiger partial charge in [0.15, 0.2) is 0 Å². The number of nitrogens with zero attached hydrogens (tertiary/aromatic N) is 1. The molecule has 2 saturated carbocycles. The van der Waals surface area contributed by atoms with Crippen molar-refractivity contribution >= 4 is 12.1 Å². The SMILES string of the molecule is CC(C)(C)OC(=O)N1CC2CCCCC2C2CC21C(=O)O. The summed E-state index contributed by atoms with van der Waals surface area (Å²) in [5, 5.41) is 9.70. The molecule has 0 aromatic carbocycles. The molecular weight excluding hydrogens is 270 g/mol. The van der Waals surface area contributed by atoms with Gasteiger partial charge in [-0.05, 0) is 57.8 Å². The third-order valence-electron chi connectivity index (χ3n) is 5.35. The van der Waals surface area contributed by atoms with E-state index in [2.05, 4.69) is 0 Å².